The van der Waals surface area contributed by atoms with Gasteiger partial charge in [-0.05, 0) is 40.5 Å². The average Bonchev–Trinajstić information content (AvgIpc) is 2.85. The van der Waals surface area contributed by atoms with E-state index in [1.54, 1.807) is 12.1 Å². The van der Waals surface area contributed by atoms with Gasteiger partial charge in [0.1, 0.15) is 5.75 Å². The van der Waals surface area contributed by atoms with Crippen molar-refractivity contribution in [3.8, 4) is 16.9 Å². The topological polar surface area (TPSA) is 21.3 Å². The van der Waals surface area contributed by atoms with E-state index in [4.69, 9.17) is 0 Å². The highest BCUT2D eigenvalue weighted by atomic mass is 19.4. The van der Waals surface area contributed by atoms with Gasteiger partial charge in [-0.2, -0.15) is 0 Å². The molecule has 1 aliphatic heterocycles. The van der Waals surface area contributed by atoms with Crippen molar-refractivity contribution in [1.29, 1.82) is 0 Å². The fourth-order valence-corrected chi connectivity index (χ4v) is 2.32. The Hall–Kier alpha value is -2.01. The van der Waals surface area contributed by atoms with Gasteiger partial charge in [0.2, 0.25) is 0 Å². The summed E-state index contributed by atoms with van der Waals surface area (Å²) in [5, 5.41) is 3.26. The molecule has 0 unspecified atom stereocenters. The third-order valence-corrected chi connectivity index (χ3v) is 3.26. The van der Waals surface area contributed by atoms with Crippen molar-refractivity contribution in [2.75, 3.05) is 0 Å². The summed E-state index contributed by atoms with van der Waals surface area (Å²) in [5.41, 5.74) is 4.36. The van der Waals surface area contributed by atoms with E-state index in [9.17, 15) is 13.2 Å². The maximum atomic E-state index is 12.1. The molecule has 0 spiro atoms. The van der Waals surface area contributed by atoms with Crippen molar-refractivity contribution in [3.63, 3.8) is 0 Å². The first-order valence-electron chi connectivity index (χ1n) is 6.20. The first kappa shape index (κ1) is 13.0. The average molecular weight is 279 g/mol. The first-order chi connectivity index (χ1) is 9.51. The van der Waals surface area contributed by atoms with Gasteiger partial charge in [0.15, 0.2) is 0 Å². The van der Waals surface area contributed by atoms with E-state index in [1.807, 2.05) is 12.1 Å². The number of halogens is 3. The molecule has 20 heavy (non-hydrogen) atoms. The normalized spacial score (nSPS) is 14.2. The van der Waals surface area contributed by atoms with Gasteiger partial charge in [-0.1, -0.05) is 24.3 Å². The van der Waals surface area contributed by atoms with Crippen LogP contribution in [0, 0.1) is 0 Å². The predicted octanol–water partition coefficient (Wildman–Crippen LogP) is 3.86. The number of ether oxygens (including phenoxy) is 1. The lowest BCUT2D eigenvalue weighted by atomic mass is 10.0. The van der Waals surface area contributed by atoms with E-state index >= 15 is 0 Å². The second kappa shape index (κ2) is 4.83. The Balaban J connectivity index is 1.84. The maximum Gasteiger partial charge on any atom is 0.573 e. The first-order valence-corrected chi connectivity index (χ1v) is 6.20. The maximum absolute atomic E-state index is 12.1. The van der Waals surface area contributed by atoms with E-state index in [0.29, 0.717) is 0 Å². The monoisotopic (exact) mass is 279 g/mol. The van der Waals surface area contributed by atoms with E-state index < -0.39 is 6.36 Å². The van der Waals surface area contributed by atoms with Crippen LogP contribution >= 0.6 is 0 Å². The standard InChI is InChI=1S/C15H12F3NO/c16-15(17,18)20-14-5-3-10(4-6-14)11-1-2-12-8-19-9-13(12)7-11/h1-7,19H,8-9H2. The van der Waals surface area contributed by atoms with Gasteiger partial charge in [0, 0.05) is 13.1 Å². The Bertz CT molecular complexity index is 620. The number of hydrogen-bond acceptors (Lipinski definition) is 2. The summed E-state index contributed by atoms with van der Waals surface area (Å²) in [5.74, 6) is -0.205. The van der Waals surface area contributed by atoms with Gasteiger partial charge in [-0.3, -0.25) is 0 Å². The molecule has 1 heterocycles. The summed E-state index contributed by atoms with van der Waals surface area (Å²) in [4.78, 5) is 0. The van der Waals surface area contributed by atoms with Gasteiger partial charge in [-0.25, -0.2) is 0 Å². The molecule has 2 aromatic rings. The summed E-state index contributed by atoms with van der Waals surface area (Å²) < 4.78 is 40.1. The van der Waals surface area contributed by atoms with Gasteiger partial charge in [-0.15, -0.1) is 13.2 Å². The van der Waals surface area contributed by atoms with Crippen LogP contribution in [0.15, 0.2) is 42.5 Å². The van der Waals surface area contributed by atoms with E-state index in [1.165, 1.54) is 23.3 Å². The zero-order chi connectivity index (χ0) is 14.2. The smallest absolute Gasteiger partial charge is 0.406 e. The van der Waals surface area contributed by atoms with Gasteiger partial charge < -0.3 is 10.1 Å². The van der Waals surface area contributed by atoms with Crippen molar-refractivity contribution in [2.45, 2.75) is 19.5 Å². The lowest BCUT2D eigenvalue weighted by Crippen LogP contribution is -2.16. The quantitative estimate of drug-likeness (QED) is 0.901. The fraction of sp³-hybridized carbons (Fsp3) is 0.200. The Morgan fingerprint density at radius 2 is 1.50 bits per heavy atom. The molecule has 1 aliphatic rings. The molecule has 0 aliphatic carbocycles. The zero-order valence-electron chi connectivity index (χ0n) is 10.5. The molecule has 2 aromatic carbocycles. The minimum Gasteiger partial charge on any atom is -0.406 e. The van der Waals surface area contributed by atoms with E-state index in [2.05, 4.69) is 16.1 Å². The van der Waals surface area contributed by atoms with Crippen LogP contribution in [0.3, 0.4) is 0 Å². The third-order valence-electron chi connectivity index (χ3n) is 3.26. The highest BCUT2D eigenvalue weighted by molar-refractivity contribution is 5.66. The number of hydrogen-bond donors (Lipinski definition) is 1. The summed E-state index contributed by atoms with van der Waals surface area (Å²) in [6, 6.07) is 12.0. The molecule has 0 fully saturated rings. The van der Waals surface area contributed by atoms with Crippen molar-refractivity contribution in [2.24, 2.45) is 0 Å². The highest BCUT2D eigenvalue weighted by Crippen LogP contribution is 2.28. The molecule has 0 saturated heterocycles. The summed E-state index contributed by atoms with van der Waals surface area (Å²) >= 11 is 0. The third kappa shape index (κ3) is 2.77. The van der Waals surface area contributed by atoms with Crippen LogP contribution in [0.1, 0.15) is 11.1 Å². The molecule has 5 heteroatoms. The van der Waals surface area contributed by atoms with E-state index in [0.717, 1.165) is 24.2 Å². The number of fused-ring (bicyclic) bond motifs is 1. The van der Waals surface area contributed by atoms with Gasteiger partial charge in [0.05, 0.1) is 0 Å². The molecule has 0 bridgehead atoms. The van der Waals surface area contributed by atoms with Crippen LogP contribution in [-0.4, -0.2) is 6.36 Å². The second-order valence-electron chi connectivity index (χ2n) is 4.66. The summed E-state index contributed by atoms with van der Waals surface area (Å²) in [6.45, 7) is 1.70. The minimum absolute atomic E-state index is 0.205. The fourth-order valence-electron chi connectivity index (χ4n) is 2.32. The number of benzene rings is 2. The Morgan fingerprint density at radius 1 is 0.850 bits per heavy atom. The van der Waals surface area contributed by atoms with Crippen molar-refractivity contribution in [1.82, 2.24) is 5.32 Å². The predicted molar refractivity (Wildman–Crippen MR) is 69.1 cm³/mol. The summed E-state index contributed by atoms with van der Waals surface area (Å²) in [6.07, 6.45) is -4.65. The van der Waals surface area contributed by atoms with Crippen molar-refractivity contribution < 1.29 is 17.9 Å². The molecule has 2 nitrogen and oxygen atoms in total. The Kier molecular flexibility index (Phi) is 3.14. The molecule has 3 rings (SSSR count). The molecule has 1 N–H and O–H groups in total. The van der Waals surface area contributed by atoms with Crippen LogP contribution in [0.5, 0.6) is 5.75 Å². The molecular weight excluding hydrogens is 267 g/mol. The molecule has 0 amide bonds. The highest BCUT2D eigenvalue weighted by Gasteiger charge is 2.30. The molecule has 104 valence electrons. The second-order valence-corrected chi connectivity index (χ2v) is 4.66. The van der Waals surface area contributed by atoms with Crippen LogP contribution in [-0.2, 0) is 13.1 Å². The number of nitrogens with one attached hydrogen (secondary N) is 1. The van der Waals surface area contributed by atoms with Crippen LogP contribution in [0.2, 0.25) is 0 Å². The number of alkyl halides is 3. The lowest BCUT2D eigenvalue weighted by Gasteiger charge is -2.10. The largest absolute Gasteiger partial charge is 0.573 e. The van der Waals surface area contributed by atoms with Crippen LogP contribution in [0.4, 0.5) is 13.2 Å². The summed E-state index contributed by atoms with van der Waals surface area (Å²) in [7, 11) is 0. The minimum atomic E-state index is -4.65. The number of rotatable bonds is 2. The van der Waals surface area contributed by atoms with E-state index in [-0.39, 0.29) is 5.75 Å². The lowest BCUT2D eigenvalue weighted by molar-refractivity contribution is -0.274. The van der Waals surface area contributed by atoms with Crippen molar-refractivity contribution >= 4 is 0 Å². The molecule has 0 radical (unpaired) electrons. The van der Waals surface area contributed by atoms with Crippen molar-refractivity contribution in [3.05, 3.63) is 53.6 Å². The van der Waals surface area contributed by atoms with Crippen LogP contribution in [0.25, 0.3) is 11.1 Å². The van der Waals surface area contributed by atoms with Gasteiger partial charge >= 0.3 is 6.36 Å². The Labute approximate surface area is 114 Å². The zero-order valence-corrected chi connectivity index (χ0v) is 10.5. The molecule has 0 aromatic heterocycles. The Morgan fingerprint density at radius 3 is 2.20 bits per heavy atom. The molecule has 0 saturated carbocycles. The SMILES string of the molecule is FC(F)(F)Oc1ccc(-c2ccc3c(c2)CNC3)cc1. The molecular formula is C15H12F3NO. The van der Waals surface area contributed by atoms with Crippen LogP contribution < -0.4 is 10.1 Å². The van der Waals surface area contributed by atoms with Gasteiger partial charge in [0.25, 0.3) is 0 Å². The molecule has 0 atom stereocenters.